The molecule has 1 radical (unpaired) electrons. The SMILES string of the molecule is Clc1ccc(Cl)c2s[c]cc12. The van der Waals surface area contributed by atoms with Gasteiger partial charge in [0.05, 0.1) is 9.72 Å². The third-order valence-corrected chi connectivity index (χ3v) is 3.10. The van der Waals surface area contributed by atoms with E-state index in [2.05, 4.69) is 5.38 Å². The van der Waals surface area contributed by atoms with Crippen molar-refractivity contribution in [2.24, 2.45) is 0 Å². The number of hydrogen-bond donors (Lipinski definition) is 0. The summed E-state index contributed by atoms with van der Waals surface area (Å²) in [6.45, 7) is 0. The molecule has 1 aromatic heterocycles. The van der Waals surface area contributed by atoms with Crippen LogP contribution in [0.5, 0.6) is 0 Å². The van der Waals surface area contributed by atoms with Crippen molar-refractivity contribution >= 4 is 44.6 Å². The minimum Gasteiger partial charge on any atom is -0.133 e. The van der Waals surface area contributed by atoms with E-state index in [0.717, 1.165) is 20.1 Å². The van der Waals surface area contributed by atoms with Gasteiger partial charge in [0, 0.05) is 15.8 Å². The van der Waals surface area contributed by atoms with Gasteiger partial charge in [-0.05, 0) is 18.2 Å². The van der Waals surface area contributed by atoms with Gasteiger partial charge in [-0.1, -0.05) is 23.2 Å². The normalized spacial score (nSPS) is 10.7. The number of hydrogen-bond acceptors (Lipinski definition) is 1. The number of rotatable bonds is 0. The van der Waals surface area contributed by atoms with Crippen molar-refractivity contribution in [2.45, 2.75) is 0 Å². The summed E-state index contributed by atoms with van der Waals surface area (Å²) in [6.07, 6.45) is 0. The maximum Gasteiger partial charge on any atom is 0.0585 e. The van der Waals surface area contributed by atoms with E-state index in [0.29, 0.717) is 0 Å². The van der Waals surface area contributed by atoms with E-state index in [1.54, 1.807) is 12.1 Å². The smallest absolute Gasteiger partial charge is 0.0585 e. The van der Waals surface area contributed by atoms with E-state index in [9.17, 15) is 0 Å². The number of thiophene rings is 1. The Morgan fingerprint density at radius 1 is 1.18 bits per heavy atom. The van der Waals surface area contributed by atoms with Gasteiger partial charge in [0.15, 0.2) is 0 Å². The quantitative estimate of drug-likeness (QED) is 0.605. The second-order valence-corrected chi connectivity index (χ2v) is 3.80. The van der Waals surface area contributed by atoms with Crippen LogP contribution in [0.3, 0.4) is 0 Å². The lowest BCUT2D eigenvalue weighted by atomic mass is 10.3. The Hall–Kier alpha value is -0.240. The molecule has 3 heteroatoms. The lowest BCUT2D eigenvalue weighted by Crippen LogP contribution is -1.66. The second-order valence-electron chi connectivity index (χ2n) is 2.14. The molecule has 55 valence electrons. The molecule has 2 rings (SSSR count). The second kappa shape index (κ2) is 2.67. The molecular weight excluding hydrogens is 199 g/mol. The third-order valence-electron chi connectivity index (χ3n) is 1.46. The molecule has 0 aliphatic heterocycles. The summed E-state index contributed by atoms with van der Waals surface area (Å²) in [4.78, 5) is 0. The molecule has 0 nitrogen and oxygen atoms in total. The molecule has 0 N–H and O–H groups in total. The highest BCUT2D eigenvalue weighted by Gasteiger charge is 2.03. The Balaban J connectivity index is 2.96. The highest BCUT2D eigenvalue weighted by molar-refractivity contribution is 7.17. The van der Waals surface area contributed by atoms with E-state index in [4.69, 9.17) is 23.2 Å². The molecule has 0 aliphatic rings. The molecule has 0 amide bonds. The average molecular weight is 202 g/mol. The van der Waals surface area contributed by atoms with Gasteiger partial charge in [0.2, 0.25) is 0 Å². The molecule has 2 aromatic rings. The zero-order chi connectivity index (χ0) is 7.84. The van der Waals surface area contributed by atoms with Crippen molar-refractivity contribution in [3.63, 3.8) is 0 Å². The van der Waals surface area contributed by atoms with E-state index in [-0.39, 0.29) is 0 Å². The van der Waals surface area contributed by atoms with Crippen LogP contribution >= 0.6 is 34.5 Å². The van der Waals surface area contributed by atoms with Crippen LogP contribution in [0.25, 0.3) is 10.1 Å². The van der Waals surface area contributed by atoms with Gasteiger partial charge in [-0.2, -0.15) is 0 Å². The first-order chi connectivity index (χ1) is 5.29. The van der Waals surface area contributed by atoms with E-state index >= 15 is 0 Å². The summed E-state index contributed by atoms with van der Waals surface area (Å²) >= 11 is 13.3. The van der Waals surface area contributed by atoms with Crippen LogP contribution in [-0.4, -0.2) is 0 Å². The Kier molecular flexibility index (Phi) is 1.80. The summed E-state index contributed by atoms with van der Waals surface area (Å²) in [5.74, 6) is 0. The van der Waals surface area contributed by atoms with Gasteiger partial charge in [-0.3, -0.25) is 0 Å². The highest BCUT2D eigenvalue weighted by atomic mass is 35.5. The van der Waals surface area contributed by atoms with Gasteiger partial charge in [-0.25, -0.2) is 0 Å². The average Bonchev–Trinajstić information content (AvgIpc) is 2.45. The number of fused-ring (bicyclic) bond motifs is 1. The third kappa shape index (κ3) is 1.13. The molecule has 1 aromatic carbocycles. The molecule has 0 fully saturated rings. The van der Waals surface area contributed by atoms with Crippen LogP contribution in [0.1, 0.15) is 0 Å². The maximum atomic E-state index is 5.90. The molecule has 11 heavy (non-hydrogen) atoms. The van der Waals surface area contributed by atoms with Crippen molar-refractivity contribution < 1.29 is 0 Å². The molecule has 0 atom stereocenters. The van der Waals surface area contributed by atoms with Gasteiger partial charge in [0.1, 0.15) is 0 Å². The van der Waals surface area contributed by atoms with Crippen LogP contribution < -0.4 is 0 Å². The summed E-state index contributed by atoms with van der Waals surface area (Å²) in [7, 11) is 0. The molecule has 1 heterocycles. The van der Waals surface area contributed by atoms with Gasteiger partial charge in [-0.15, -0.1) is 11.3 Å². The highest BCUT2D eigenvalue weighted by Crippen LogP contribution is 2.32. The monoisotopic (exact) mass is 201 g/mol. The molecule has 0 aliphatic carbocycles. The zero-order valence-corrected chi connectivity index (χ0v) is 7.72. The molecular formula is C8H3Cl2S. The van der Waals surface area contributed by atoms with Crippen LogP contribution in [0.4, 0.5) is 0 Å². The van der Waals surface area contributed by atoms with Crippen molar-refractivity contribution in [1.82, 2.24) is 0 Å². The summed E-state index contributed by atoms with van der Waals surface area (Å²) in [5.41, 5.74) is 0. The molecule has 0 saturated heterocycles. The van der Waals surface area contributed by atoms with Crippen molar-refractivity contribution in [1.29, 1.82) is 0 Å². The van der Waals surface area contributed by atoms with E-state index in [1.165, 1.54) is 11.3 Å². The fourth-order valence-electron chi connectivity index (χ4n) is 0.934. The molecule has 0 spiro atoms. The van der Waals surface area contributed by atoms with Gasteiger partial charge >= 0.3 is 0 Å². The fraction of sp³-hybridized carbons (Fsp3) is 0. The summed E-state index contributed by atoms with van der Waals surface area (Å²) < 4.78 is 1.01. The Labute approximate surface area is 78.4 Å². The maximum absolute atomic E-state index is 5.90. The predicted octanol–water partition coefficient (Wildman–Crippen LogP) is 4.01. The standard InChI is InChI=1S/C8H3Cl2S/c9-6-1-2-7(10)8-5(6)3-4-11-8/h1-3H. The van der Waals surface area contributed by atoms with Crippen LogP contribution in [0, 0.1) is 5.38 Å². The molecule has 0 bridgehead atoms. The van der Waals surface area contributed by atoms with Crippen molar-refractivity contribution in [2.75, 3.05) is 0 Å². The lowest BCUT2D eigenvalue weighted by molar-refractivity contribution is 1.84. The fourth-order valence-corrected chi connectivity index (χ4v) is 2.22. The Morgan fingerprint density at radius 3 is 2.64 bits per heavy atom. The van der Waals surface area contributed by atoms with Crippen LogP contribution in [0.15, 0.2) is 18.2 Å². The first-order valence-corrected chi connectivity index (χ1v) is 4.60. The van der Waals surface area contributed by atoms with Crippen LogP contribution in [0.2, 0.25) is 10.0 Å². The predicted molar refractivity (Wildman–Crippen MR) is 50.7 cm³/mol. The minimum atomic E-state index is 0.738. The largest absolute Gasteiger partial charge is 0.133 e. The Morgan fingerprint density at radius 2 is 1.91 bits per heavy atom. The van der Waals surface area contributed by atoms with E-state index in [1.807, 2.05) is 6.07 Å². The number of benzene rings is 1. The molecule has 0 saturated carbocycles. The van der Waals surface area contributed by atoms with Gasteiger partial charge < -0.3 is 0 Å². The molecule has 0 unspecified atom stereocenters. The van der Waals surface area contributed by atoms with Crippen molar-refractivity contribution in [3.05, 3.63) is 33.6 Å². The first kappa shape index (κ1) is 7.41. The van der Waals surface area contributed by atoms with Gasteiger partial charge in [0.25, 0.3) is 0 Å². The summed E-state index contributed by atoms with van der Waals surface area (Å²) in [6, 6.07) is 5.46. The minimum absolute atomic E-state index is 0.738. The van der Waals surface area contributed by atoms with Crippen LogP contribution in [-0.2, 0) is 0 Å². The zero-order valence-electron chi connectivity index (χ0n) is 5.40. The number of halogens is 2. The van der Waals surface area contributed by atoms with E-state index < -0.39 is 0 Å². The first-order valence-electron chi connectivity index (χ1n) is 3.02. The summed E-state index contributed by atoms with van der Waals surface area (Å²) in [5, 5.41) is 5.47. The Bertz CT molecular complexity index is 356. The lowest BCUT2D eigenvalue weighted by Gasteiger charge is -1.94. The topological polar surface area (TPSA) is 0 Å². The van der Waals surface area contributed by atoms with Crippen molar-refractivity contribution in [3.8, 4) is 0 Å².